The molecule has 0 fully saturated rings. The van der Waals surface area contributed by atoms with Crippen molar-refractivity contribution in [2.24, 2.45) is 0 Å². The summed E-state index contributed by atoms with van der Waals surface area (Å²) in [5.74, 6) is 1.31. The summed E-state index contributed by atoms with van der Waals surface area (Å²) >= 11 is 4.70. The van der Waals surface area contributed by atoms with Gasteiger partial charge in [0.2, 0.25) is 10.0 Å². The Morgan fingerprint density at radius 3 is 2.82 bits per heavy atom. The van der Waals surface area contributed by atoms with Crippen LogP contribution in [0.2, 0.25) is 0 Å². The van der Waals surface area contributed by atoms with Crippen LogP contribution in [0.5, 0.6) is 0 Å². The van der Waals surface area contributed by atoms with Gasteiger partial charge >= 0.3 is 0 Å². The Bertz CT molecular complexity index is 459. The highest BCUT2D eigenvalue weighted by Crippen LogP contribution is 2.25. The fourth-order valence-corrected chi connectivity index (χ4v) is 3.66. The second kappa shape index (κ2) is 6.79. The normalized spacial score (nSPS) is 11.9. The minimum Gasteiger partial charge on any atom is -0.452 e. The first-order chi connectivity index (χ1) is 8.01. The van der Waals surface area contributed by atoms with E-state index in [4.69, 9.17) is 4.42 Å². The molecular weight excluding hydrogens is 328 g/mol. The molecule has 17 heavy (non-hydrogen) atoms. The van der Waals surface area contributed by atoms with Crippen molar-refractivity contribution < 1.29 is 12.8 Å². The van der Waals surface area contributed by atoms with E-state index in [2.05, 4.69) is 26.0 Å². The average molecular weight is 343 g/mol. The monoisotopic (exact) mass is 342 g/mol. The van der Waals surface area contributed by atoms with Crippen LogP contribution in [0.1, 0.15) is 5.76 Å². The second-order valence-corrected chi connectivity index (χ2v) is 6.71. The van der Waals surface area contributed by atoms with Crippen LogP contribution in [0.3, 0.4) is 0 Å². The van der Waals surface area contributed by atoms with Crippen molar-refractivity contribution in [1.82, 2.24) is 10.0 Å². The van der Waals surface area contributed by atoms with Crippen LogP contribution in [0.25, 0.3) is 0 Å². The molecule has 1 aromatic heterocycles. The molecule has 1 rings (SSSR count). The van der Waals surface area contributed by atoms with Gasteiger partial charge in [0, 0.05) is 18.4 Å². The summed E-state index contributed by atoms with van der Waals surface area (Å²) in [6.07, 6.45) is 1.92. The zero-order valence-corrected chi connectivity index (χ0v) is 12.8. The Morgan fingerprint density at radius 2 is 2.24 bits per heavy atom. The van der Waals surface area contributed by atoms with Gasteiger partial charge in [0.15, 0.2) is 4.67 Å². The molecule has 0 aliphatic rings. The number of thioether (sulfide) groups is 1. The zero-order valence-electron chi connectivity index (χ0n) is 9.62. The molecule has 5 nitrogen and oxygen atoms in total. The average Bonchev–Trinajstić information content (AvgIpc) is 2.61. The third-order valence-corrected chi connectivity index (χ3v) is 4.88. The maximum atomic E-state index is 11.9. The van der Waals surface area contributed by atoms with E-state index in [0.717, 1.165) is 5.75 Å². The molecule has 0 unspecified atom stereocenters. The van der Waals surface area contributed by atoms with Crippen LogP contribution in [-0.4, -0.2) is 34.0 Å². The second-order valence-electron chi connectivity index (χ2n) is 3.27. The molecular formula is C9H15BrN2O3S2. The summed E-state index contributed by atoms with van der Waals surface area (Å²) in [5.41, 5.74) is 0. The van der Waals surface area contributed by atoms with E-state index in [1.54, 1.807) is 18.8 Å². The molecule has 1 aromatic rings. The predicted octanol–water partition coefficient (Wildman–Crippen LogP) is 1.40. The standard InChI is InChI=1S/C9H15BrN2O3S2/c1-11-6-7-5-8(9(10)15-7)17(13,14)12-3-4-16-2/h5,11-12H,3-4,6H2,1-2H3. The lowest BCUT2D eigenvalue weighted by atomic mass is 10.4. The van der Waals surface area contributed by atoms with Crippen LogP contribution in [0, 0.1) is 0 Å². The Balaban J connectivity index is 2.83. The summed E-state index contributed by atoms with van der Waals surface area (Å²) in [5, 5.41) is 2.90. The smallest absolute Gasteiger partial charge is 0.244 e. The van der Waals surface area contributed by atoms with E-state index in [-0.39, 0.29) is 9.56 Å². The molecule has 0 saturated heterocycles. The number of halogens is 1. The van der Waals surface area contributed by atoms with Crippen molar-refractivity contribution in [3.63, 3.8) is 0 Å². The van der Waals surface area contributed by atoms with Gasteiger partial charge in [0.05, 0.1) is 6.54 Å². The largest absolute Gasteiger partial charge is 0.452 e. The molecule has 0 saturated carbocycles. The molecule has 0 aliphatic carbocycles. The first kappa shape index (κ1) is 15.0. The number of hydrogen-bond acceptors (Lipinski definition) is 5. The lowest BCUT2D eigenvalue weighted by molar-refractivity contribution is 0.470. The number of hydrogen-bond donors (Lipinski definition) is 2. The Labute approximate surface area is 114 Å². The molecule has 0 spiro atoms. The van der Waals surface area contributed by atoms with Crippen LogP contribution in [0.15, 0.2) is 20.0 Å². The van der Waals surface area contributed by atoms with Gasteiger partial charge in [-0.25, -0.2) is 13.1 Å². The molecule has 0 aromatic carbocycles. The Hall–Kier alpha value is -0.0200. The summed E-state index contributed by atoms with van der Waals surface area (Å²) < 4.78 is 31.9. The third-order valence-electron chi connectivity index (χ3n) is 1.95. The van der Waals surface area contributed by atoms with Gasteiger partial charge in [-0.1, -0.05) is 0 Å². The lowest BCUT2D eigenvalue weighted by Crippen LogP contribution is -2.25. The van der Waals surface area contributed by atoms with Gasteiger partial charge in [-0.2, -0.15) is 11.8 Å². The van der Waals surface area contributed by atoms with Crippen LogP contribution >= 0.6 is 27.7 Å². The van der Waals surface area contributed by atoms with Crippen LogP contribution < -0.4 is 10.0 Å². The maximum Gasteiger partial charge on any atom is 0.244 e. The van der Waals surface area contributed by atoms with Crippen LogP contribution in [0.4, 0.5) is 0 Å². The Kier molecular flexibility index (Phi) is 6.01. The lowest BCUT2D eigenvalue weighted by Gasteiger charge is -2.03. The summed E-state index contributed by atoms with van der Waals surface area (Å²) in [4.78, 5) is 0.142. The predicted molar refractivity (Wildman–Crippen MR) is 72.7 cm³/mol. The zero-order chi connectivity index (χ0) is 12.9. The van der Waals surface area contributed by atoms with Gasteiger partial charge in [0.1, 0.15) is 10.7 Å². The van der Waals surface area contributed by atoms with Crippen molar-refractivity contribution in [1.29, 1.82) is 0 Å². The van der Waals surface area contributed by atoms with E-state index >= 15 is 0 Å². The van der Waals surface area contributed by atoms with Gasteiger partial charge < -0.3 is 9.73 Å². The summed E-state index contributed by atoms with van der Waals surface area (Å²) in [6.45, 7) is 0.890. The summed E-state index contributed by atoms with van der Waals surface area (Å²) in [6, 6.07) is 1.52. The first-order valence-electron chi connectivity index (χ1n) is 4.92. The third kappa shape index (κ3) is 4.29. The Morgan fingerprint density at radius 1 is 1.53 bits per heavy atom. The molecule has 8 heteroatoms. The summed E-state index contributed by atoms with van der Waals surface area (Å²) in [7, 11) is -1.73. The number of nitrogens with one attached hydrogen (secondary N) is 2. The van der Waals surface area contributed by atoms with Gasteiger partial charge in [-0.15, -0.1) is 0 Å². The minimum atomic E-state index is -3.49. The van der Waals surface area contributed by atoms with Crippen molar-refractivity contribution in [3.05, 3.63) is 16.5 Å². The number of sulfonamides is 1. The molecule has 1 heterocycles. The van der Waals surface area contributed by atoms with Crippen LogP contribution in [-0.2, 0) is 16.6 Å². The van der Waals surface area contributed by atoms with E-state index < -0.39 is 10.0 Å². The van der Waals surface area contributed by atoms with Gasteiger partial charge in [0.25, 0.3) is 0 Å². The number of rotatable bonds is 7. The van der Waals surface area contributed by atoms with Crippen molar-refractivity contribution in [2.75, 3.05) is 25.6 Å². The molecule has 0 amide bonds. The molecule has 2 N–H and O–H groups in total. The minimum absolute atomic E-state index is 0.142. The quantitative estimate of drug-likeness (QED) is 0.733. The van der Waals surface area contributed by atoms with E-state index in [9.17, 15) is 8.42 Å². The van der Waals surface area contributed by atoms with Crippen molar-refractivity contribution in [2.45, 2.75) is 11.4 Å². The molecule has 0 atom stereocenters. The maximum absolute atomic E-state index is 11.9. The van der Waals surface area contributed by atoms with E-state index in [1.165, 1.54) is 6.07 Å². The van der Waals surface area contributed by atoms with Crippen molar-refractivity contribution in [3.8, 4) is 0 Å². The molecule has 98 valence electrons. The first-order valence-corrected chi connectivity index (χ1v) is 8.59. The van der Waals surface area contributed by atoms with Gasteiger partial charge in [-0.3, -0.25) is 0 Å². The number of furan rings is 1. The van der Waals surface area contributed by atoms with E-state index in [1.807, 2.05) is 6.26 Å². The van der Waals surface area contributed by atoms with Crippen molar-refractivity contribution >= 4 is 37.7 Å². The molecule has 0 radical (unpaired) electrons. The highest BCUT2D eigenvalue weighted by atomic mass is 79.9. The highest BCUT2D eigenvalue weighted by Gasteiger charge is 2.21. The molecule has 0 bridgehead atoms. The van der Waals surface area contributed by atoms with Gasteiger partial charge in [-0.05, 0) is 29.2 Å². The highest BCUT2D eigenvalue weighted by molar-refractivity contribution is 9.10. The fourth-order valence-electron chi connectivity index (χ4n) is 1.20. The SMILES string of the molecule is CNCc1cc(S(=O)(=O)NCCSC)c(Br)o1. The fraction of sp³-hybridized carbons (Fsp3) is 0.556. The molecule has 0 aliphatic heterocycles. The van der Waals surface area contributed by atoms with E-state index in [0.29, 0.717) is 18.8 Å². The topological polar surface area (TPSA) is 71.3 Å².